The summed E-state index contributed by atoms with van der Waals surface area (Å²) in [6.07, 6.45) is 5.94. The number of hydrogen-bond acceptors (Lipinski definition) is 10. The maximum absolute atomic E-state index is 9.88. The number of aliphatic hydroxyl groups is 1. The van der Waals surface area contributed by atoms with Crippen molar-refractivity contribution in [2.24, 2.45) is 0 Å². The zero-order chi connectivity index (χ0) is 55.2. The van der Waals surface area contributed by atoms with Crippen LogP contribution in [0.2, 0.25) is 10.3 Å². The van der Waals surface area contributed by atoms with Gasteiger partial charge in [-0.05, 0) is 78.2 Å². The van der Waals surface area contributed by atoms with Crippen LogP contribution in [0.15, 0.2) is 158 Å². The molecule has 10 aromatic rings. The SMILES string of the molecule is CC.CC.CCCCc1nc(Cl)c(CO)n1Cc1ccc(-c2ccccc2-c2nnnn2Cc2ccccc2)cc1.CCCCc1nc(Cl)c(OC)n1Cc1ccc(-c2ccccc2-c2nnnn2Cc2ccccc2)cc1. The second-order valence-corrected chi connectivity index (χ2v) is 18.6. The largest absolute Gasteiger partial charge is 0.480 e. The van der Waals surface area contributed by atoms with E-state index in [1.54, 1.807) is 7.11 Å². The Hall–Kier alpha value is -7.78. The molecule has 0 saturated heterocycles. The van der Waals surface area contributed by atoms with Crippen molar-refractivity contribution >= 4 is 23.2 Å². The van der Waals surface area contributed by atoms with Gasteiger partial charge in [-0.2, -0.15) is 0 Å². The third kappa shape index (κ3) is 14.4. The van der Waals surface area contributed by atoms with Crippen LogP contribution in [0.3, 0.4) is 0 Å². The van der Waals surface area contributed by atoms with Crippen molar-refractivity contribution in [2.45, 2.75) is 113 Å². The van der Waals surface area contributed by atoms with Gasteiger partial charge in [0.1, 0.15) is 11.6 Å². The Morgan fingerprint density at radius 2 is 0.846 bits per heavy atom. The number of nitrogens with zero attached hydrogens (tertiary/aromatic N) is 12. The molecule has 0 aliphatic heterocycles. The number of aryl methyl sites for hydroxylation is 2. The number of unbranched alkanes of at least 4 members (excludes halogenated alkanes) is 2. The Morgan fingerprint density at radius 1 is 0.462 bits per heavy atom. The highest BCUT2D eigenvalue weighted by Gasteiger charge is 2.20. The lowest BCUT2D eigenvalue weighted by molar-refractivity contribution is 0.271. The van der Waals surface area contributed by atoms with Crippen LogP contribution in [-0.2, 0) is 45.6 Å². The lowest BCUT2D eigenvalue weighted by atomic mass is 9.98. The average molecular weight is 1090 g/mol. The maximum Gasteiger partial charge on any atom is 0.233 e. The molecule has 0 unspecified atom stereocenters. The molecule has 0 atom stereocenters. The molecule has 0 radical (unpaired) electrons. The summed E-state index contributed by atoms with van der Waals surface area (Å²) in [5, 5.41) is 35.8. The van der Waals surface area contributed by atoms with Crippen molar-refractivity contribution in [3.05, 3.63) is 208 Å². The molecular formula is C62H70Cl2N12O2. The van der Waals surface area contributed by atoms with E-state index in [1.807, 2.05) is 102 Å². The molecule has 0 saturated carbocycles. The van der Waals surface area contributed by atoms with Gasteiger partial charge in [0.25, 0.3) is 0 Å². The van der Waals surface area contributed by atoms with Gasteiger partial charge in [0, 0.05) is 30.5 Å². The van der Waals surface area contributed by atoms with Crippen LogP contribution in [0, 0.1) is 0 Å². The molecule has 0 bridgehead atoms. The summed E-state index contributed by atoms with van der Waals surface area (Å²) in [6, 6.07) is 53.8. The number of aliphatic hydroxyl groups excluding tert-OH is 1. The number of ether oxygens (including phenoxy) is 1. The zero-order valence-electron chi connectivity index (χ0n) is 45.8. The number of aromatic nitrogens is 12. The van der Waals surface area contributed by atoms with Crippen LogP contribution in [-0.4, -0.2) is 71.7 Å². The van der Waals surface area contributed by atoms with Gasteiger partial charge in [0.05, 0.1) is 39.0 Å². The predicted molar refractivity (Wildman–Crippen MR) is 314 cm³/mol. The van der Waals surface area contributed by atoms with E-state index in [0.717, 1.165) is 117 Å². The average Bonchev–Trinajstić information content (AvgIpc) is 4.30. The quantitative estimate of drug-likeness (QED) is 0.0780. The van der Waals surface area contributed by atoms with Crippen LogP contribution in [0.1, 0.15) is 107 Å². The predicted octanol–water partition coefficient (Wildman–Crippen LogP) is 14.1. The number of methoxy groups -OCH3 is 1. The number of halogens is 2. The van der Waals surface area contributed by atoms with Gasteiger partial charge in [-0.25, -0.2) is 19.3 Å². The minimum Gasteiger partial charge on any atom is -0.480 e. The molecule has 78 heavy (non-hydrogen) atoms. The van der Waals surface area contributed by atoms with Gasteiger partial charge >= 0.3 is 0 Å². The molecule has 0 fully saturated rings. The van der Waals surface area contributed by atoms with E-state index >= 15 is 0 Å². The Kier molecular flexibility index (Phi) is 22.0. The van der Waals surface area contributed by atoms with Gasteiger partial charge in [0.15, 0.2) is 22.0 Å². The van der Waals surface area contributed by atoms with Crippen LogP contribution in [0.4, 0.5) is 0 Å². The van der Waals surface area contributed by atoms with Crippen molar-refractivity contribution in [3.63, 3.8) is 0 Å². The van der Waals surface area contributed by atoms with E-state index in [-0.39, 0.29) is 6.61 Å². The van der Waals surface area contributed by atoms with Crippen LogP contribution in [0.5, 0.6) is 5.88 Å². The van der Waals surface area contributed by atoms with E-state index in [2.05, 4.69) is 156 Å². The second-order valence-electron chi connectivity index (χ2n) is 17.9. The van der Waals surface area contributed by atoms with Crippen molar-refractivity contribution in [2.75, 3.05) is 7.11 Å². The molecule has 6 aromatic carbocycles. The van der Waals surface area contributed by atoms with E-state index in [4.69, 9.17) is 27.9 Å². The fourth-order valence-corrected chi connectivity index (χ4v) is 9.56. The van der Waals surface area contributed by atoms with Gasteiger partial charge in [-0.1, -0.05) is 235 Å². The first kappa shape index (κ1) is 57.9. The first-order valence-corrected chi connectivity index (χ1v) is 27.7. The molecule has 1 N–H and O–H groups in total. The summed E-state index contributed by atoms with van der Waals surface area (Å²) in [4.78, 5) is 9.05. The summed E-state index contributed by atoms with van der Waals surface area (Å²) in [5.41, 5.74) is 11.5. The molecule has 404 valence electrons. The minimum atomic E-state index is -0.138. The summed E-state index contributed by atoms with van der Waals surface area (Å²) < 4.78 is 13.3. The van der Waals surface area contributed by atoms with E-state index in [1.165, 1.54) is 0 Å². The molecule has 4 aromatic heterocycles. The molecule has 4 heterocycles. The highest BCUT2D eigenvalue weighted by molar-refractivity contribution is 6.30. The zero-order valence-corrected chi connectivity index (χ0v) is 47.3. The van der Waals surface area contributed by atoms with Crippen molar-refractivity contribution < 1.29 is 9.84 Å². The topological polar surface area (TPSA) is 152 Å². The number of tetrazole rings is 2. The van der Waals surface area contributed by atoms with E-state index < -0.39 is 0 Å². The normalized spacial score (nSPS) is 10.7. The van der Waals surface area contributed by atoms with Crippen LogP contribution >= 0.6 is 23.2 Å². The Labute approximate surface area is 468 Å². The van der Waals surface area contributed by atoms with Crippen molar-refractivity contribution in [3.8, 4) is 50.9 Å². The number of hydrogen-bond donors (Lipinski definition) is 1. The second kappa shape index (κ2) is 29.7. The number of benzene rings is 6. The fraction of sp³-hybridized carbons (Fsp3) is 0.290. The van der Waals surface area contributed by atoms with Crippen LogP contribution < -0.4 is 4.74 Å². The van der Waals surface area contributed by atoms with Crippen molar-refractivity contribution in [1.82, 2.24) is 59.5 Å². The molecular weight excluding hydrogens is 1020 g/mol. The Balaban J connectivity index is 0.000000213. The fourth-order valence-electron chi connectivity index (χ4n) is 9.03. The molecule has 0 amide bonds. The molecule has 0 aliphatic rings. The van der Waals surface area contributed by atoms with Crippen LogP contribution in [0.25, 0.3) is 45.0 Å². The first-order chi connectivity index (χ1) is 38.3. The molecule has 0 spiro atoms. The number of rotatable bonds is 20. The van der Waals surface area contributed by atoms with Gasteiger partial charge in [-0.15, -0.1) is 10.2 Å². The summed E-state index contributed by atoms with van der Waals surface area (Å²) in [6.45, 7) is 14.6. The standard InChI is InChI=1S/2C29H29ClN6O.2C2H6/c1-3-4-14-26-31-27(30)29(37-2)35(26)19-22-15-17-23(18-16-22)24-12-8-9-13-25(24)28-32-33-34-36(28)20-21-10-6-5-7-11-21;1-2-3-13-27-31-28(30)26(20-37)35(27)18-22-14-16-23(17-15-22)24-11-7-8-12-25(24)29-32-33-34-36(29)19-21-9-5-4-6-10-21;2*1-2/h5-13,15-18H,3-4,14,19-20H2,1-2H3;4-12,14-17,37H,2-3,13,18-20H2,1H3;2*1-2H3. The Bertz CT molecular complexity index is 3150. The molecule has 0 aliphatic carbocycles. The summed E-state index contributed by atoms with van der Waals surface area (Å²) in [7, 11) is 1.63. The van der Waals surface area contributed by atoms with E-state index in [9.17, 15) is 5.11 Å². The number of imidazole rings is 2. The van der Waals surface area contributed by atoms with Gasteiger partial charge < -0.3 is 14.4 Å². The maximum atomic E-state index is 9.88. The summed E-state index contributed by atoms with van der Waals surface area (Å²) in [5.74, 6) is 3.93. The molecule has 10 rings (SSSR count). The first-order valence-electron chi connectivity index (χ1n) is 27.0. The third-order valence-corrected chi connectivity index (χ3v) is 13.4. The monoisotopic (exact) mass is 1080 g/mol. The lowest BCUT2D eigenvalue weighted by Gasteiger charge is -2.13. The highest BCUT2D eigenvalue weighted by Crippen LogP contribution is 2.34. The minimum absolute atomic E-state index is 0.138. The van der Waals surface area contributed by atoms with Gasteiger partial charge in [-0.3, -0.25) is 4.57 Å². The Morgan fingerprint density at radius 3 is 1.27 bits per heavy atom. The highest BCUT2D eigenvalue weighted by atomic mass is 35.5. The third-order valence-electron chi connectivity index (χ3n) is 12.9. The van der Waals surface area contributed by atoms with E-state index in [0.29, 0.717) is 48.1 Å². The molecule has 16 heteroatoms. The smallest absolute Gasteiger partial charge is 0.233 e. The lowest BCUT2D eigenvalue weighted by Crippen LogP contribution is -2.09. The summed E-state index contributed by atoms with van der Waals surface area (Å²) >= 11 is 12.7. The van der Waals surface area contributed by atoms with Gasteiger partial charge in [0.2, 0.25) is 5.88 Å². The van der Waals surface area contributed by atoms with Crippen molar-refractivity contribution in [1.29, 1.82) is 0 Å². The molecule has 14 nitrogen and oxygen atoms in total.